The van der Waals surface area contributed by atoms with E-state index >= 15 is 0 Å². The van der Waals surface area contributed by atoms with Crippen molar-refractivity contribution in [1.82, 2.24) is 4.57 Å². The first kappa shape index (κ1) is 32.7. The summed E-state index contributed by atoms with van der Waals surface area (Å²) in [7, 11) is 0. The molecule has 1 aliphatic heterocycles. The molecular formula is C32H26BrCl2IN2O5S. The highest BCUT2D eigenvalue weighted by atomic mass is 127. The normalized spacial score (nSPS) is 14.7. The van der Waals surface area contributed by atoms with E-state index in [-0.39, 0.29) is 18.8 Å². The van der Waals surface area contributed by atoms with E-state index in [4.69, 9.17) is 37.4 Å². The Balaban J connectivity index is 1.63. The Morgan fingerprint density at radius 2 is 1.84 bits per heavy atom. The maximum atomic E-state index is 14.1. The maximum Gasteiger partial charge on any atom is 0.338 e. The molecule has 3 aromatic carbocycles. The number of esters is 1. The standard InChI is InChI=1S/C32H26BrCl2IN2O5S/c1-4-41-23-10-7-18(8-11-23)28-27(31(40)42-5-2)17(3)37-32-38(28)30(39)26(44-32)13-20-12-21(33)14-25(36)29(20)43-16-19-6-9-22(34)15-24(19)35/h6-15,28H,4-5,16H2,1-3H3/b26-13-/t28-/m1/s1. The van der Waals surface area contributed by atoms with Gasteiger partial charge in [0.15, 0.2) is 4.80 Å². The molecule has 0 aliphatic carbocycles. The Labute approximate surface area is 290 Å². The number of aromatic nitrogens is 1. The second-order valence-electron chi connectivity index (χ2n) is 9.63. The van der Waals surface area contributed by atoms with Crippen molar-refractivity contribution in [3.8, 4) is 11.5 Å². The van der Waals surface area contributed by atoms with Gasteiger partial charge in [-0.2, -0.15) is 0 Å². The highest BCUT2D eigenvalue weighted by Gasteiger charge is 2.33. The molecule has 7 nitrogen and oxygen atoms in total. The number of halogens is 4. The second kappa shape index (κ2) is 14.2. The number of hydrogen-bond acceptors (Lipinski definition) is 7. The predicted molar refractivity (Wildman–Crippen MR) is 186 cm³/mol. The summed E-state index contributed by atoms with van der Waals surface area (Å²) in [5, 5.41) is 1.04. The van der Waals surface area contributed by atoms with Gasteiger partial charge in [-0.15, -0.1) is 0 Å². The monoisotopic (exact) mass is 826 g/mol. The molecule has 5 rings (SSSR count). The van der Waals surface area contributed by atoms with Crippen molar-refractivity contribution in [2.24, 2.45) is 4.99 Å². The van der Waals surface area contributed by atoms with Crippen LogP contribution in [0.25, 0.3) is 6.08 Å². The molecule has 0 saturated heterocycles. The molecule has 0 radical (unpaired) electrons. The van der Waals surface area contributed by atoms with E-state index < -0.39 is 12.0 Å². The third-order valence-electron chi connectivity index (χ3n) is 6.73. The number of thiazole rings is 1. The molecule has 12 heteroatoms. The molecule has 1 aromatic heterocycles. The van der Waals surface area contributed by atoms with Crippen LogP contribution < -0.4 is 24.4 Å². The zero-order chi connectivity index (χ0) is 31.5. The van der Waals surface area contributed by atoms with Crippen LogP contribution in [0.4, 0.5) is 0 Å². The molecule has 4 aromatic rings. The fourth-order valence-electron chi connectivity index (χ4n) is 4.79. The number of allylic oxidation sites excluding steroid dienone is 1. The molecule has 0 N–H and O–H groups in total. The predicted octanol–water partition coefficient (Wildman–Crippen LogP) is 7.45. The number of fused-ring (bicyclic) bond motifs is 1. The number of carbonyl (C=O) groups is 1. The molecule has 2 heterocycles. The van der Waals surface area contributed by atoms with Crippen molar-refractivity contribution in [2.45, 2.75) is 33.4 Å². The minimum absolute atomic E-state index is 0.196. The number of rotatable bonds is 9. The van der Waals surface area contributed by atoms with E-state index in [1.54, 1.807) is 36.6 Å². The van der Waals surface area contributed by atoms with E-state index in [1.165, 1.54) is 11.3 Å². The zero-order valence-corrected chi connectivity index (χ0v) is 29.9. The SMILES string of the molecule is CCOC(=O)C1=C(C)N=c2s/c(=C\c3cc(Br)cc(I)c3OCc3ccc(Cl)cc3Cl)c(=O)n2[C@@H]1c1ccc(OCC)cc1. The lowest BCUT2D eigenvalue weighted by Crippen LogP contribution is -2.39. The second-order valence-corrected chi connectivity index (χ2v) is 13.6. The topological polar surface area (TPSA) is 79.1 Å². The fourth-order valence-corrected chi connectivity index (χ4v) is 8.00. The molecule has 0 bridgehead atoms. The third kappa shape index (κ3) is 6.94. The molecule has 1 aliphatic rings. The number of hydrogen-bond donors (Lipinski definition) is 0. The van der Waals surface area contributed by atoms with Crippen molar-refractivity contribution in [2.75, 3.05) is 13.2 Å². The number of carbonyl (C=O) groups excluding carboxylic acids is 1. The first-order valence-electron chi connectivity index (χ1n) is 13.6. The Morgan fingerprint density at radius 1 is 1.09 bits per heavy atom. The van der Waals surface area contributed by atoms with Crippen LogP contribution in [0.15, 0.2) is 80.1 Å². The number of nitrogens with zero attached hydrogens (tertiary/aromatic N) is 2. The molecule has 0 unspecified atom stereocenters. The summed E-state index contributed by atoms with van der Waals surface area (Å²) in [5.41, 5.74) is 2.73. The summed E-state index contributed by atoms with van der Waals surface area (Å²) in [4.78, 5) is 32.5. The average Bonchev–Trinajstić information content (AvgIpc) is 3.27. The summed E-state index contributed by atoms with van der Waals surface area (Å²) in [6.45, 7) is 6.34. The van der Waals surface area contributed by atoms with Crippen molar-refractivity contribution in [3.63, 3.8) is 0 Å². The Hall–Kier alpha value is -2.64. The van der Waals surface area contributed by atoms with E-state index in [1.807, 2.05) is 49.4 Å². The highest BCUT2D eigenvalue weighted by molar-refractivity contribution is 14.1. The largest absolute Gasteiger partial charge is 0.494 e. The van der Waals surface area contributed by atoms with Gasteiger partial charge >= 0.3 is 5.97 Å². The molecule has 0 fully saturated rings. The minimum atomic E-state index is -0.728. The Bertz CT molecular complexity index is 1960. The number of ether oxygens (including phenoxy) is 3. The number of benzene rings is 3. The van der Waals surface area contributed by atoms with Gasteiger partial charge in [0.2, 0.25) is 0 Å². The van der Waals surface area contributed by atoms with Gasteiger partial charge in [-0.1, -0.05) is 68.7 Å². The zero-order valence-electron chi connectivity index (χ0n) is 23.8. The lowest BCUT2D eigenvalue weighted by Gasteiger charge is -2.24. The molecule has 1 atom stereocenters. The summed E-state index contributed by atoms with van der Waals surface area (Å²) < 4.78 is 20.9. The van der Waals surface area contributed by atoms with Crippen LogP contribution in [-0.4, -0.2) is 23.8 Å². The molecular weight excluding hydrogens is 802 g/mol. The first-order chi connectivity index (χ1) is 21.1. The van der Waals surface area contributed by atoms with Crippen molar-refractivity contribution in [3.05, 3.63) is 120 Å². The van der Waals surface area contributed by atoms with Crippen molar-refractivity contribution < 1.29 is 19.0 Å². The molecule has 0 amide bonds. The van der Waals surface area contributed by atoms with Gasteiger partial charge in [0.05, 0.1) is 38.6 Å². The summed E-state index contributed by atoms with van der Waals surface area (Å²) in [6.07, 6.45) is 1.79. The lowest BCUT2D eigenvalue weighted by atomic mass is 9.96. The van der Waals surface area contributed by atoms with E-state index in [0.717, 1.165) is 19.2 Å². The van der Waals surface area contributed by atoms with E-state index in [9.17, 15) is 9.59 Å². The Morgan fingerprint density at radius 3 is 2.52 bits per heavy atom. The van der Waals surface area contributed by atoms with Crippen LogP contribution in [0.5, 0.6) is 11.5 Å². The van der Waals surface area contributed by atoms with Gasteiger partial charge < -0.3 is 14.2 Å². The van der Waals surface area contributed by atoms with E-state index in [0.29, 0.717) is 54.3 Å². The molecule has 0 saturated carbocycles. The quantitative estimate of drug-likeness (QED) is 0.130. The van der Waals surface area contributed by atoms with E-state index in [2.05, 4.69) is 43.5 Å². The van der Waals surface area contributed by atoms with Gasteiger partial charge in [-0.3, -0.25) is 9.36 Å². The molecule has 228 valence electrons. The molecule has 44 heavy (non-hydrogen) atoms. The van der Waals surface area contributed by atoms with Crippen LogP contribution in [0.1, 0.15) is 43.5 Å². The smallest absolute Gasteiger partial charge is 0.338 e. The van der Waals surface area contributed by atoms with Crippen LogP contribution in [0, 0.1) is 3.57 Å². The summed E-state index contributed by atoms with van der Waals surface area (Å²) >= 11 is 19.5. The Kier molecular flexibility index (Phi) is 10.6. The van der Waals surface area contributed by atoms with Gasteiger partial charge in [0, 0.05) is 25.6 Å². The van der Waals surface area contributed by atoms with Gasteiger partial charge in [-0.25, -0.2) is 9.79 Å². The van der Waals surface area contributed by atoms with Crippen LogP contribution in [0.3, 0.4) is 0 Å². The molecule has 0 spiro atoms. The fraction of sp³-hybridized carbons (Fsp3) is 0.219. The lowest BCUT2D eigenvalue weighted by molar-refractivity contribution is -0.139. The minimum Gasteiger partial charge on any atom is -0.494 e. The van der Waals surface area contributed by atoms with Crippen LogP contribution >= 0.6 is 73.1 Å². The third-order valence-corrected chi connectivity index (χ3v) is 9.56. The highest BCUT2D eigenvalue weighted by Crippen LogP contribution is 2.34. The van der Waals surface area contributed by atoms with Crippen molar-refractivity contribution >= 4 is 85.1 Å². The first-order valence-corrected chi connectivity index (χ1v) is 17.0. The summed E-state index contributed by atoms with van der Waals surface area (Å²) in [6, 6.07) is 15.7. The maximum absolute atomic E-state index is 14.1. The van der Waals surface area contributed by atoms with Crippen molar-refractivity contribution in [1.29, 1.82) is 0 Å². The average molecular weight is 828 g/mol. The van der Waals surface area contributed by atoms with Crippen LogP contribution in [-0.2, 0) is 16.1 Å². The summed E-state index contributed by atoms with van der Waals surface area (Å²) in [5.74, 6) is 0.774. The van der Waals surface area contributed by atoms with Gasteiger partial charge in [0.1, 0.15) is 18.1 Å². The van der Waals surface area contributed by atoms with Crippen LogP contribution in [0.2, 0.25) is 10.0 Å². The van der Waals surface area contributed by atoms with Gasteiger partial charge in [0.25, 0.3) is 5.56 Å². The van der Waals surface area contributed by atoms with Gasteiger partial charge in [-0.05, 0) is 91.4 Å².